The fraction of sp³-hybridized carbons (Fsp3) is 0.857. The van der Waals surface area contributed by atoms with Crippen molar-refractivity contribution in [1.29, 1.82) is 0 Å². The number of likely N-dealkylation sites (N-methyl/N-ethyl adjacent to an activating group) is 1. The molecule has 0 bridgehead atoms. The van der Waals surface area contributed by atoms with Gasteiger partial charge in [-0.1, -0.05) is 33.6 Å². The van der Waals surface area contributed by atoms with Crippen molar-refractivity contribution in [2.75, 3.05) is 13.1 Å². The zero-order chi connectivity index (χ0) is 13.0. The van der Waals surface area contributed by atoms with E-state index in [1.165, 1.54) is 25.7 Å². The first-order valence-electron chi connectivity index (χ1n) is 7.16. The molecule has 1 aromatic heterocycles. The van der Waals surface area contributed by atoms with Gasteiger partial charge < -0.3 is 9.73 Å². The highest BCUT2D eigenvalue weighted by atomic mass is 16.4. The van der Waals surface area contributed by atoms with Crippen molar-refractivity contribution in [2.24, 2.45) is 5.41 Å². The van der Waals surface area contributed by atoms with E-state index in [9.17, 15) is 0 Å². The lowest BCUT2D eigenvalue weighted by atomic mass is 9.69. The highest BCUT2D eigenvalue weighted by molar-refractivity contribution is 5.01. The summed E-state index contributed by atoms with van der Waals surface area (Å²) in [5.41, 5.74) is 0.295. The van der Waals surface area contributed by atoms with Crippen molar-refractivity contribution in [3.8, 4) is 0 Å². The van der Waals surface area contributed by atoms with Crippen LogP contribution in [-0.4, -0.2) is 23.3 Å². The number of nitrogens with one attached hydrogen (secondary N) is 1. The molecule has 1 aliphatic rings. The van der Waals surface area contributed by atoms with Crippen LogP contribution < -0.4 is 5.32 Å². The molecule has 0 spiro atoms. The molecule has 1 unspecified atom stereocenters. The van der Waals surface area contributed by atoms with E-state index in [0.717, 1.165) is 31.3 Å². The minimum absolute atomic E-state index is 0.295. The van der Waals surface area contributed by atoms with Crippen molar-refractivity contribution >= 4 is 0 Å². The molecule has 18 heavy (non-hydrogen) atoms. The maximum Gasteiger partial charge on any atom is 0.220 e. The molecule has 1 atom stereocenters. The first-order valence-corrected chi connectivity index (χ1v) is 7.16. The normalized spacial score (nSPS) is 23.2. The molecular weight excluding hydrogens is 226 g/mol. The van der Waals surface area contributed by atoms with Crippen LogP contribution in [0.2, 0.25) is 0 Å². The van der Waals surface area contributed by atoms with Crippen molar-refractivity contribution in [3.63, 3.8) is 0 Å². The third-order valence-corrected chi connectivity index (χ3v) is 4.05. The number of nitrogens with zero attached hydrogens (tertiary/aromatic N) is 2. The van der Waals surface area contributed by atoms with Crippen molar-refractivity contribution in [2.45, 2.75) is 58.8 Å². The predicted molar refractivity (Wildman–Crippen MR) is 71.5 cm³/mol. The second kappa shape index (κ2) is 5.83. The monoisotopic (exact) mass is 251 g/mol. The van der Waals surface area contributed by atoms with Gasteiger partial charge in [-0.05, 0) is 24.8 Å². The minimum Gasteiger partial charge on any atom is -0.425 e. The van der Waals surface area contributed by atoms with E-state index in [1.807, 2.05) is 0 Å². The summed E-state index contributed by atoms with van der Waals surface area (Å²) >= 11 is 0. The SMILES string of the molecule is CCNCCc1nnc(C2CCCCC2(C)C)o1. The van der Waals surface area contributed by atoms with E-state index < -0.39 is 0 Å². The fourth-order valence-electron chi connectivity index (χ4n) is 2.83. The molecule has 0 saturated heterocycles. The lowest BCUT2D eigenvalue weighted by Crippen LogP contribution is -2.26. The Labute approximate surface area is 110 Å². The third-order valence-electron chi connectivity index (χ3n) is 4.05. The molecule has 0 radical (unpaired) electrons. The van der Waals surface area contributed by atoms with Crippen LogP contribution in [0.1, 0.15) is 64.2 Å². The second-order valence-corrected chi connectivity index (χ2v) is 5.92. The van der Waals surface area contributed by atoms with Gasteiger partial charge in [0.2, 0.25) is 11.8 Å². The molecule has 4 nitrogen and oxygen atoms in total. The van der Waals surface area contributed by atoms with Crippen LogP contribution in [0.4, 0.5) is 0 Å². The molecule has 102 valence electrons. The quantitative estimate of drug-likeness (QED) is 0.818. The molecule has 0 amide bonds. The van der Waals surface area contributed by atoms with E-state index in [0.29, 0.717) is 11.3 Å². The number of rotatable bonds is 5. The minimum atomic E-state index is 0.295. The summed E-state index contributed by atoms with van der Waals surface area (Å²) in [4.78, 5) is 0. The Morgan fingerprint density at radius 1 is 1.33 bits per heavy atom. The largest absolute Gasteiger partial charge is 0.425 e. The maximum atomic E-state index is 5.84. The molecule has 0 aromatic carbocycles. The average Bonchev–Trinajstić information content (AvgIpc) is 2.77. The summed E-state index contributed by atoms with van der Waals surface area (Å²) in [6.07, 6.45) is 5.87. The lowest BCUT2D eigenvalue weighted by molar-refractivity contribution is 0.171. The second-order valence-electron chi connectivity index (χ2n) is 5.92. The zero-order valence-electron chi connectivity index (χ0n) is 11.8. The molecule has 1 N–H and O–H groups in total. The van der Waals surface area contributed by atoms with Gasteiger partial charge in [-0.3, -0.25) is 0 Å². The Morgan fingerprint density at radius 2 is 2.17 bits per heavy atom. The van der Waals surface area contributed by atoms with E-state index in [4.69, 9.17) is 4.42 Å². The maximum absolute atomic E-state index is 5.84. The average molecular weight is 251 g/mol. The van der Waals surface area contributed by atoms with Crippen LogP contribution in [0, 0.1) is 5.41 Å². The number of hydrogen-bond acceptors (Lipinski definition) is 4. The van der Waals surface area contributed by atoms with E-state index in [2.05, 4.69) is 36.3 Å². The summed E-state index contributed by atoms with van der Waals surface area (Å²) in [5.74, 6) is 2.06. The molecule has 1 fully saturated rings. The highest BCUT2D eigenvalue weighted by Gasteiger charge is 2.36. The van der Waals surface area contributed by atoms with Crippen LogP contribution >= 0.6 is 0 Å². The number of aromatic nitrogens is 2. The van der Waals surface area contributed by atoms with Gasteiger partial charge >= 0.3 is 0 Å². The van der Waals surface area contributed by atoms with Crippen molar-refractivity contribution in [3.05, 3.63) is 11.8 Å². The standard InChI is InChI=1S/C14H25N3O/c1-4-15-10-8-12-16-17-13(18-12)11-7-5-6-9-14(11,2)3/h11,15H,4-10H2,1-3H3. The smallest absolute Gasteiger partial charge is 0.220 e. The van der Waals surface area contributed by atoms with E-state index >= 15 is 0 Å². The molecule has 1 aromatic rings. The molecule has 4 heteroatoms. The Bertz CT molecular complexity index is 373. The summed E-state index contributed by atoms with van der Waals surface area (Å²) < 4.78 is 5.84. The molecule has 0 aliphatic heterocycles. The van der Waals surface area contributed by atoms with Gasteiger partial charge in [-0.25, -0.2) is 0 Å². The molecule has 1 saturated carbocycles. The molecular formula is C14H25N3O. The molecule has 1 aliphatic carbocycles. The number of hydrogen-bond donors (Lipinski definition) is 1. The summed E-state index contributed by atoms with van der Waals surface area (Å²) in [7, 11) is 0. The molecule has 2 rings (SSSR count). The Balaban J connectivity index is 2.00. The van der Waals surface area contributed by atoms with E-state index in [1.54, 1.807) is 0 Å². The third kappa shape index (κ3) is 3.10. The topological polar surface area (TPSA) is 51.0 Å². The van der Waals surface area contributed by atoms with Crippen LogP contribution in [-0.2, 0) is 6.42 Å². The van der Waals surface area contributed by atoms with Gasteiger partial charge in [0.1, 0.15) is 0 Å². The highest BCUT2D eigenvalue weighted by Crippen LogP contribution is 2.46. The summed E-state index contributed by atoms with van der Waals surface area (Å²) in [6.45, 7) is 8.63. The Hall–Kier alpha value is -0.900. The first-order chi connectivity index (χ1) is 8.63. The van der Waals surface area contributed by atoms with Gasteiger partial charge in [0.25, 0.3) is 0 Å². The van der Waals surface area contributed by atoms with Gasteiger partial charge in [0, 0.05) is 18.9 Å². The fourth-order valence-corrected chi connectivity index (χ4v) is 2.83. The van der Waals surface area contributed by atoms with Crippen LogP contribution in [0.5, 0.6) is 0 Å². The zero-order valence-corrected chi connectivity index (χ0v) is 11.8. The Kier molecular flexibility index (Phi) is 4.38. The first kappa shape index (κ1) is 13.5. The van der Waals surface area contributed by atoms with Crippen LogP contribution in [0.25, 0.3) is 0 Å². The van der Waals surface area contributed by atoms with Crippen molar-refractivity contribution in [1.82, 2.24) is 15.5 Å². The predicted octanol–water partition coefficient (Wildman–Crippen LogP) is 2.91. The molecule has 1 heterocycles. The Morgan fingerprint density at radius 3 is 2.89 bits per heavy atom. The van der Waals surface area contributed by atoms with Crippen molar-refractivity contribution < 1.29 is 4.42 Å². The van der Waals surface area contributed by atoms with Gasteiger partial charge in [0.15, 0.2) is 0 Å². The van der Waals surface area contributed by atoms with Gasteiger partial charge in [0.05, 0.1) is 0 Å². The van der Waals surface area contributed by atoms with E-state index in [-0.39, 0.29) is 0 Å². The van der Waals surface area contributed by atoms with Crippen LogP contribution in [0.15, 0.2) is 4.42 Å². The van der Waals surface area contributed by atoms with Crippen LogP contribution in [0.3, 0.4) is 0 Å². The van der Waals surface area contributed by atoms with Gasteiger partial charge in [-0.15, -0.1) is 10.2 Å². The lowest BCUT2D eigenvalue weighted by Gasteiger charge is -2.36. The summed E-state index contributed by atoms with van der Waals surface area (Å²) in [5, 5.41) is 11.7. The van der Waals surface area contributed by atoms with Gasteiger partial charge in [-0.2, -0.15) is 0 Å². The summed E-state index contributed by atoms with van der Waals surface area (Å²) in [6, 6.07) is 0.